The molecule has 0 radical (unpaired) electrons. The van der Waals surface area contributed by atoms with Crippen LogP contribution >= 0.6 is 0 Å². The second-order valence-corrected chi connectivity index (χ2v) is 3.06. The third kappa shape index (κ3) is 4.70. The fourth-order valence-corrected chi connectivity index (χ4v) is 0.555. The van der Waals surface area contributed by atoms with E-state index >= 15 is 0 Å². The van der Waals surface area contributed by atoms with Crippen LogP contribution in [0.5, 0.6) is 0 Å². The Balaban J connectivity index is 4.15. The van der Waals surface area contributed by atoms with Crippen LogP contribution in [0, 0.1) is 0 Å². The van der Waals surface area contributed by atoms with Crippen LogP contribution in [0.15, 0.2) is 35.3 Å². The topological polar surface area (TPSA) is 40.1 Å². The van der Waals surface area contributed by atoms with Gasteiger partial charge in [0.2, 0.25) is 0 Å². The Morgan fingerprint density at radius 3 is 2.45 bits per heavy atom. The van der Waals surface area contributed by atoms with Gasteiger partial charge in [0.05, 0.1) is 0 Å². The molecule has 0 aromatic rings. The van der Waals surface area contributed by atoms with Gasteiger partial charge >= 0.3 is 0 Å². The third-order valence-electron chi connectivity index (χ3n) is 1.20. The normalized spacial score (nSPS) is 15.4. The van der Waals surface area contributed by atoms with Crippen molar-refractivity contribution < 1.29 is 8.76 Å². The van der Waals surface area contributed by atoms with E-state index in [0.29, 0.717) is 0 Å². The first kappa shape index (κ1) is 10.3. The molecule has 0 amide bonds. The summed E-state index contributed by atoms with van der Waals surface area (Å²) in [6.07, 6.45) is 5.06. The van der Waals surface area contributed by atoms with Crippen molar-refractivity contribution in [1.29, 1.82) is 0 Å². The standard InChI is InChI=1S/C8H12O2S/c1-4-7(2)5-6-8(3)11(9)10/h4-6H,3H2,1-2H3,(H,9,10)/p-1/b6-5-,7-4-. The summed E-state index contributed by atoms with van der Waals surface area (Å²) in [4.78, 5) is 0.103. The predicted molar refractivity (Wildman–Crippen MR) is 46.6 cm³/mol. The molecule has 1 unspecified atom stereocenters. The Labute approximate surface area is 69.6 Å². The number of hydrogen-bond donors (Lipinski definition) is 0. The van der Waals surface area contributed by atoms with Crippen molar-refractivity contribution in [3.8, 4) is 0 Å². The van der Waals surface area contributed by atoms with Gasteiger partial charge in [0, 0.05) is 4.91 Å². The van der Waals surface area contributed by atoms with Crippen LogP contribution in [-0.4, -0.2) is 8.76 Å². The molecule has 62 valence electrons. The smallest absolute Gasteiger partial charge is 0.0176 e. The number of allylic oxidation sites excluding steroid dienone is 4. The quantitative estimate of drug-likeness (QED) is 0.480. The van der Waals surface area contributed by atoms with E-state index in [2.05, 4.69) is 6.58 Å². The predicted octanol–water partition coefficient (Wildman–Crippen LogP) is 1.90. The van der Waals surface area contributed by atoms with Gasteiger partial charge in [-0.25, -0.2) is 0 Å². The minimum atomic E-state index is -2.19. The van der Waals surface area contributed by atoms with E-state index in [1.165, 1.54) is 6.08 Å². The summed E-state index contributed by atoms with van der Waals surface area (Å²) < 4.78 is 20.5. The summed E-state index contributed by atoms with van der Waals surface area (Å²) in [6, 6.07) is 0. The first-order valence-corrected chi connectivity index (χ1v) is 4.24. The molecule has 0 aromatic carbocycles. The second-order valence-electron chi connectivity index (χ2n) is 2.07. The Morgan fingerprint density at radius 1 is 1.55 bits per heavy atom. The molecular weight excluding hydrogens is 160 g/mol. The summed E-state index contributed by atoms with van der Waals surface area (Å²) in [7, 11) is 0. The van der Waals surface area contributed by atoms with Gasteiger partial charge < -0.3 is 4.55 Å². The van der Waals surface area contributed by atoms with Crippen LogP contribution in [-0.2, 0) is 11.1 Å². The van der Waals surface area contributed by atoms with Gasteiger partial charge in [-0.05, 0) is 31.0 Å². The molecule has 0 aliphatic heterocycles. The zero-order valence-electron chi connectivity index (χ0n) is 6.66. The van der Waals surface area contributed by atoms with E-state index in [-0.39, 0.29) is 4.91 Å². The molecule has 3 heteroatoms. The van der Waals surface area contributed by atoms with Crippen molar-refractivity contribution in [3.63, 3.8) is 0 Å². The highest BCUT2D eigenvalue weighted by Crippen LogP contribution is 2.01. The molecule has 2 nitrogen and oxygen atoms in total. The fourth-order valence-electron chi connectivity index (χ4n) is 0.376. The van der Waals surface area contributed by atoms with E-state index < -0.39 is 11.1 Å². The van der Waals surface area contributed by atoms with Crippen LogP contribution in [0.1, 0.15) is 13.8 Å². The lowest BCUT2D eigenvalue weighted by Gasteiger charge is -2.01. The van der Waals surface area contributed by atoms with Gasteiger partial charge in [-0.2, -0.15) is 0 Å². The molecular formula is C8H11O2S-. The molecule has 0 saturated carbocycles. The summed E-state index contributed by atoms with van der Waals surface area (Å²) >= 11 is -2.19. The van der Waals surface area contributed by atoms with E-state index in [1.807, 2.05) is 19.9 Å². The average Bonchev–Trinajstić information content (AvgIpc) is 1.99. The first-order chi connectivity index (χ1) is 5.07. The van der Waals surface area contributed by atoms with Crippen LogP contribution in [0.25, 0.3) is 0 Å². The zero-order valence-corrected chi connectivity index (χ0v) is 7.48. The average molecular weight is 171 g/mol. The fraction of sp³-hybridized carbons (Fsp3) is 0.250. The van der Waals surface area contributed by atoms with E-state index in [9.17, 15) is 8.76 Å². The van der Waals surface area contributed by atoms with Crippen molar-refractivity contribution in [2.75, 3.05) is 0 Å². The van der Waals surface area contributed by atoms with Crippen molar-refractivity contribution in [2.45, 2.75) is 13.8 Å². The Bertz CT molecular complexity index is 226. The minimum absolute atomic E-state index is 0.103. The number of rotatable bonds is 3. The molecule has 0 spiro atoms. The molecule has 0 rings (SSSR count). The largest absolute Gasteiger partial charge is 0.768 e. The number of hydrogen-bond acceptors (Lipinski definition) is 2. The molecule has 0 heterocycles. The Hall–Kier alpha value is -0.670. The second kappa shape index (κ2) is 5.04. The molecule has 11 heavy (non-hydrogen) atoms. The summed E-state index contributed by atoms with van der Waals surface area (Å²) in [5, 5.41) is 0. The maximum atomic E-state index is 10.2. The van der Waals surface area contributed by atoms with Gasteiger partial charge in [-0.1, -0.05) is 24.3 Å². The lowest BCUT2D eigenvalue weighted by Crippen LogP contribution is -1.86. The molecule has 1 atom stereocenters. The Kier molecular flexibility index (Phi) is 4.74. The summed E-state index contributed by atoms with van der Waals surface area (Å²) in [5.41, 5.74) is 1.01. The molecule has 0 bridgehead atoms. The van der Waals surface area contributed by atoms with Crippen LogP contribution in [0.2, 0.25) is 0 Å². The van der Waals surface area contributed by atoms with Crippen molar-refractivity contribution >= 4 is 11.1 Å². The van der Waals surface area contributed by atoms with Crippen molar-refractivity contribution in [1.82, 2.24) is 0 Å². The lowest BCUT2D eigenvalue weighted by molar-refractivity contribution is 0.544. The summed E-state index contributed by atoms with van der Waals surface area (Å²) in [6.45, 7) is 7.11. The van der Waals surface area contributed by atoms with Gasteiger partial charge in [0.25, 0.3) is 0 Å². The maximum absolute atomic E-state index is 10.2. The monoisotopic (exact) mass is 171 g/mol. The highest BCUT2D eigenvalue weighted by Gasteiger charge is 1.84. The molecule has 0 aliphatic rings. The third-order valence-corrected chi connectivity index (χ3v) is 1.77. The highest BCUT2D eigenvalue weighted by atomic mass is 32.2. The summed E-state index contributed by atoms with van der Waals surface area (Å²) in [5.74, 6) is 0. The van der Waals surface area contributed by atoms with Gasteiger partial charge in [0.15, 0.2) is 0 Å². The molecule has 0 saturated heterocycles. The first-order valence-electron chi connectivity index (χ1n) is 3.17. The van der Waals surface area contributed by atoms with Gasteiger partial charge in [-0.3, -0.25) is 4.21 Å². The molecule has 0 aliphatic carbocycles. The van der Waals surface area contributed by atoms with E-state index in [1.54, 1.807) is 6.08 Å². The Morgan fingerprint density at radius 2 is 2.09 bits per heavy atom. The van der Waals surface area contributed by atoms with E-state index in [4.69, 9.17) is 0 Å². The lowest BCUT2D eigenvalue weighted by atomic mass is 10.3. The maximum Gasteiger partial charge on any atom is 0.0176 e. The zero-order chi connectivity index (χ0) is 8.85. The SMILES string of the molecule is C=C(/C=C\C(C)=C/C)S(=O)[O-]. The minimum Gasteiger partial charge on any atom is -0.768 e. The van der Waals surface area contributed by atoms with Crippen LogP contribution in [0.3, 0.4) is 0 Å². The van der Waals surface area contributed by atoms with Crippen LogP contribution in [0.4, 0.5) is 0 Å². The van der Waals surface area contributed by atoms with Gasteiger partial charge in [-0.15, -0.1) is 0 Å². The van der Waals surface area contributed by atoms with Gasteiger partial charge in [0.1, 0.15) is 0 Å². The molecule has 0 N–H and O–H groups in total. The van der Waals surface area contributed by atoms with Crippen molar-refractivity contribution in [3.05, 3.63) is 35.3 Å². The van der Waals surface area contributed by atoms with Crippen LogP contribution < -0.4 is 0 Å². The van der Waals surface area contributed by atoms with Crippen molar-refractivity contribution in [2.24, 2.45) is 0 Å². The van der Waals surface area contributed by atoms with E-state index in [0.717, 1.165) is 5.57 Å². The molecule has 0 aromatic heterocycles. The highest BCUT2D eigenvalue weighted by molar-refractivity contribution is 7.83. The molecule has 0 fully saturated rings.